The van der Waals surface area contributed by atoms with Gasteiger partial charge < -0.3 is 11.1 Å². The molecule has 0 radical (unpaired) electrons. The van der Waals surface area contributed by atoms with Gasteiger partial charge in [-0.1, -0.05) is 0 Å². The molecule has 0 bridgehead atoms. The molecule has 0 aromatic carbocycles. The van der Waals surface area contributed by atoms with Crippen molar-refractivity contribution in [3.8, 4) is 0 Å². The zero-order valence-corrected chi connectivity index (χ0v) is 11.3. The van der Waals surface area contributed by atoms with Gasteiger partial charge in [-0.15, -0.1) is 0 Å². The molecule has 0 spiro atoms. The van der Waals surface area contributed by atoms with E-state index in [1.165, 1.54) is 0 Å². The van der Waals surface area contributed by atoms with Crippen LogP contribution in [0.15, 0.2) is 0 Å². The Morgan fingerprint density at radius 2 is 1.90 bits per heavy atom. The summed E-state index contributed by atoms with van der Waals surface area (Å²) in [5, 5.41) is 7.35. The highest BCUT2D eigenvalue weighted by atomic mass is 127. The molecule has 0 aromatic heterocycles. The first-order valence-electron chi connectivity index (χ1n) is 2.27. The number of alkyl halides is 3. The number of rotatable bonds is 3. The SMILES string of the molecule is N=C(CC(N)=O)C(I)(I)I. The Morgan fingerprint density at radius 1 is 1.50 bits per heavy atom. The first-order valence-corrected chi connectivity index (χ1v) is 5.50. The zero-order valence-electron chi connectivity index (χ0n) is 4.83. The standard InChI is InChI=1S/C4H5I3N2O/c5-4(6,7)2(8)1-3(9)10/h8H,1H2,(H2,9,10). The quantitative estimate of drug-likeness (QED) is 0.364. The predicted octanol–water partition coefficient (Wildman–Crippen LogP) is 1.84. The summed E-state index contributed by atoms with van der Waals surface area (Å²) in [6.07, 6.45) is 0.0504. The lowest BCUT2D eigenvalue weighted by molar-refractivity contribution is -0.116. The molecule has 0 aromatic rings. The van der Waals surface area contributed by atoms with Gasteiger partial charge in [0.25, 0.3) is 0 Å². The lowest BCUT2D eigenvalue weighted by Gasteiger charge is -2.11. The van der Waals surface area contributed by atoms with E-state index in [0.717, 1.165) is 0 Å². The molecule has 0 rings (SSSR count). The summed E-state index contributed by atoms with van der Waals surface area (Å²) in [5.74, 6) is -0.445. The van der Waals surface area contributed by atoms with E-state index in [0.29, 0.717) is 5.71 Å². The number of halogens is 3. The molecule has 0 aliphatic rings. The van der Waals surface area contributed by atoms with Crippen molar-refractivity contribution in [1.82, 2.24) is 0 Å². The van der Waals surface area contributed by atoms with Crippen LogP contribution >= 0.6 is 67.8 Å². The average molecular weight is 478 g/mol. The van der Waals surface area contributed by atoms with Crippen LogP contribution in [0, 0.1) is 5.41 Å². The van der Waals surface area contributed by atoms with Gasteiger partial charge in [0.15, 0.2) is -0.565 Å². The van der Waals surface area contributed by atoms with Crippen LogP contribution in [0.2, 0.25) is 0 Å². The first kappa shape index (κ1) is 11.3. The number of carbonyl (C=O) groups excluding carboxylic acids is 1. The Balaban J connectivity index is 3.99. The van der Waals surface area contributed by atoms with Gasteiger partial charge in [-0.2, -0.15) is 0 Å². The monoisotopic (exact) mass is 478 g/mol. The molecular weight excluding hydrogens is 473 g/mol. The molecule has 0 atom stereocenters. The van der Waals surface area contributed by atoms with E-state index >= 15 is 0 Å². The molecule has 10 heavy (non-hydrogen) atoms. The minimum atomic E-state index is -0.445. The Morgan fingerprint density at radius 3 is 2.00 bits per heavy atom. The number of hydrogen-bond acceptors (Lipinski definition) is 2. The van der Waals surface area contributed by atoms with Crippen LogP contribution < -0.4 is 5.73 Å². The van der Waals surface area contributed by atoms with E-state index < -0.39 is 5.91 Å². The molecule has 0 fully saturated rings. The first-order chi connectivity index (χ1) is 4.34. The van der Waals surface area contributed by atoms with Gasteiger partial charge in [-0.25, -0.2) is 0 Å². The van der Waals surface area contributed by atoms with Crippen molar-refractivity contribution < 1.29 is 4.79 Å². The second kappa shape index (κ2) is 4.38. The molecular formula is C4H5I3N2O. The summed E-state index contributed by atoms with van der Waals surface area (Å²) in [7, 11) is 0. The van der Waals surface area contributed by atoms with Gasteiger partial charge in [0.05, 0.1) is 12.1 Å². The molecule has 58 valence electrons. The minimum absolute atomic E-state index is 0.0504. The van der Waals surface area contributed by atoms with Crippen molar-refractivity contribution in [2.45, 2.75) is 5.86 Å². The largest absolute Gasteiger partial charge is 0.369 e. The lowest BCUT2D eigenvalue weighted by atomic mass is 10.3. The second-order valence-electron chi connectivity index (χ2n) is 1.62. The number of nitrogens with one attached hydrogen (secondary N) is 1. The Bertz CT molecular complexity index is 162. The predicted molar refractivity (Wildman–Crippen MR) is 66.3 cm³/mol. The molecule has 0 aliphatic heterocycles. The van der Waals surface area contributed by atoms with Gasteiger partial charge >= 0.3 is 0 Å². The number of hydrogen-bond donors (Lipinski definition) is 2. The van der Waals surface area contributed by atoms with E-state index in [9.17, 15) is 4.79 Å². The fraction of sp³-hybridized carbons (Fsp3) is 0.500. The zero-order chi connectivity index (χ0) is 8.36. The van der Waals surface area contributed by atoms with Crippen LogP contribution in [0.1, 0.15) is 6.42 Å². The van der Waals surface area contributed by atoms with Crippen LogP contribution in [0.25, 0.3) is 0 Å². The minimum Gasteiger partial charge on any atom is -0.369 e. The third-order valence-electron chi connectivity index (χ3n) is 0.693. The van der Waals surface area contributed by atoms with Gasteiger partial charge in [-0.05, 0) is 67.8 Å². The van der Waals surface area contributed by atoms with E-state index in [1.807, 2.05) is 0 Å². The summed E-state index contributed by atoms with van der Waals surface area (Å²) >= 11 is 6.23. The van der Waals surface area contributed by atoms with Crippen molar-refractivity contribution >= 4 is 79.4 Å². The lowest BCUT2D eigenvalue weighted by Crippen LogP contribution is -2.23. The van der Waals surface area contributed by atoms with Crippen LogP contribution in [-0.2, 0) is 4.79 Å². The van der Waals surface area contributed by atoms with Crippen molar-refractivity contribution in [2.24, 2.45) is 5.73 Å². The maximum absolute atomic E-state index is 10.3. The molecule has 6 heteroatoms. The van der Waals surface area contributed by atoms with Gasteiger partial charge in [0, 0.05) is 0 Å². The number of carbonyl (C=O) groups is 1. The van der Waals surface area contributed by atoms with Crippen LogP contribution in [0.5, 0.6) is 0 Å². The fourth-order valence-corrected chi connectivity index (χ4v) is 0.847. The van der Waals surface area contributed by atoms with E-state index in [-0.39, 0.29) is 5.86 Å². The summed E-state index contributed by atoms with van der Waals surface area (Å²) in [5.41, 5.74) is 5.25. The number of nitrogens with two attached hydrogens (primary N) is 1. The summed E-state index contributed by atoms with van der Waals surface area (Å²) in [6.45, 7) is 0. The van der Waals surface area contributed by atoms with E-state index in [2.05, 4.69) is 67.8 Å². The molecule has 3 N–H and O–H groups in total. The van der Waals surface area contributed by atoms with Gasteiger partial charge in [0.2, 0.25) is 5.91 Å². The van der Waals surface area contributed by atoms with Gasteiger partial charge in [0.1, 0.15) is 0 Å². The number of primary amides is 1. The molecule has 3 nitrogen and oxygen atoms in total. The Kier molecular flexibility index (Phi) is 4.96. The molecule has 1 amide bonds. The summed E-state index contributed by atoms with van der Waals surface area (Å²) < 4.78 is -0.317. The molecule has 0 aliphatic carbocycles. The van der Waals surface area contributed by atoms with E-state index in [1.54, 1.807) is 0 Å². The summed E-state index contributed by atoms with van der Waals surface area (Å²) in [6, 6.07) is 0. The van der Waals surface area contributed by atoms with Crippen LogP contribution in [0.4, 0.5) is 0 Å². The third kappa shape index (κ3) is 5.04. The highest BCUT2D eigenvalue weighted by Gasteiger charge is 2.24. The maximum atomic E-state index is 10.3. The Labute approximate surface area is 99.8 Å². The summed E-state index contributed by atoms with van der Waals surface area (Å²) in [4.78, 5) is 10.3. The maximum Gasteiger partial charge on any atom is 0.223 e. The number of amides is 1. The highest BCUT2D eigenvalue weighted by Crippen LogP contribution is 2.37. The molecule has 0 unspecified atom stereocenters. The normalized spacial score (nSPS) is 11.1. The Hall–Kier alpha value is 1.33. The van der Waals surface area contributed by atoms with Gasteiger partial charge in [-0.3, -0.25) is 4.79 Å². The fourth-order valence-electron chi connectivity index (χ4n) is 0.274. The van der Waals surface area contributed by atoms with Crippen molar-refractivity contribution in [3.05, 3.63) is 0 Å². The van der Waals surface area contributed by atoms with Crippen LogP contribution in [-0.4, -0.2) is 11.1 Å². The highest BCUT2D eigenvalue weighted by molar-refractivity contribution is 14.3. The molecule has 0 heterocycles. The average Bonchev–Trinajstić information content (AvgIpc) is 1.60. The molecule has 0 saturated carbocycles. The van der Waals surface area contributed by atoms with Crippen molar-refractivity contribution in [3.63, 3.8) is 0 Å². The van der Waals surface area contributed by atoms with E-state index in [4.69, 9.17) is 11.1 Å². The second-order valence-corrected chi connectivity index (χ2v) is 12.7. The van der Waals surface area contributed by atoms with Crippen molar-refractivity contribution in [1.29, 1.82) is 5.41 Å². The van der Waals surface area contributed by atoms with Crippen molar-refractivity contribution in [2.75, 3.05) is 0 Å². The molecule has 0 saturated heterocycles. The van der Waals surface area contributed by atoms with Crippen LogP contribution in [0.3, 0.4) is 0 Å². The smallest absolute Gasteiger partial charge is 0.223 e. The topological polar surface area (TPSA) is 66.9 Å². The third-order valence-corrected chi connectivity index (χ3v) is 2.65.